The summed E-state index contributed by atoms with van der Waals surface area (Å²) in [5.74, 6) is 1.87. The summed E-state index contributed by atoms with van der Waals surface area (Å²) in [4.78, 5) is 0. The average Bonchev–Trinajstić information content (AvgIpc) is 2.69. The highest BCUT2D eigenvalue weighted by molar-refractivity contribution is 5.43. The van der Waals surface area contributed by atoms with Crippen molar-refractivity contribution in [3.63, 3.8) is 0 Å². The van der Waals surface area contributed by atoms with Crippen LogP contribution in [0.25, 0.3) is 0 Å². The minimum atomic E-state index is 0.0362. The summed E-state index contributed by atoms with van der Waals surface area (Å²) in [7, 11) is 3.46. The molecule has 1 saturated heterocycles. The van der Waals surface area contributed by atoms with E-state index in [-0.39, 0.29) is 5.41 Å². The monoisotopic (exact) mass is 355 g/mol. The van der Waals surface area contributed by atoms with Gasteiger partial charge in [0.25, 0.3) is 0 Å². The molecule has 1 N–H and O–H groups in total. The molecule has 4 nitrogen and oxygen atoms in total. The van der Waals surface area contributed by atoms with Crippen LogP contribution < -0.4 is 14.8 Å². The first-order chi connectivity index (χ1) is 12.7. The molecule has 0 aliphatic carbocycles. The molecule has 0 amide bonds. The molecule has 1 heterocycles. The van der Waals surface area contributed by atoms with Crippen molar-refractivity contribution in [1.82, 2.24) is 5.32 Å². The van der Waals surface area contributed by atoms with E-state index in [1.54, 1.807) is 14.2 Å². The Morgan fingerprint density at radius 3 is 2.58 bits per heavy atom. The zero-order valence-corrected chi connectivity index (χ0v) is 16.0. The van der Waals surface area contributed by atoms with E-state index in [4.69, 9.17) is 14.2 Å². The number of hydrogen-bond acceptors (Lipinski definition) is 4. The molecule has 2 aromatic rings. The van der Waals surface area contributed by atoms with Crippen molar-refractivity contribution in [1.29, 1.82) is 0 Å². The second-order valence-electron chi connectivity index (χ2n) is 7.05. The maximum atomic E-state index is 5.69. The van der Waals surface area contributed by atoms with Crippen molar-refractivity contribution in [3.05, 3.63) is 59.2 Å². The van der Waals surface area contributed by atoms with Gasteiger partial charge in [0, 0.05) is 37.3 Å². The largest absolute Gasteiger partial charge is 0.497 e. The summed E-state index contributed by atoms with van der Waals surface area (Å²) < 4.78 is 16.7. The molecule has 1 aliphatic heterocycles. The number of aryl methyl sites for hydroxylation is 1. The predicted octanol–water partition coefficient (Wildman–Crippen LogP) is 3.85. The van der Waals surface area contributed by atoms with Crippen molar-refractivity contribution in [3.8, 4) is 11.5 Å². The van der Waals surface area contributed by atoms with Crippen LogP contribution in [-0.2, 0) is 16.7 Å². The standard InChI is InChI=1S/C22H29NO3/c1-17-7-8-21(25-3)20(13-17)22(9-11-26-12-10-22)16-23-15-18-5-4-6-19(14-18)24-2/h4-8,13-14,23H,9-12,15-16H2,1-3H3. The van der Waals surface area contributed by atoms with E-state index in [0.29, 0.717) is 0 Å². The topological polar surface area (TPSA) is 39.7 Å². The lowest BCUT2D eigenvalue weighted by molar-refractivity contribution is 0.0489. The Balaban J connectivity index is 1.79. The molecule has 140 valence electrons. The van der Waals surface area contributed by atoms with E-state index >= 15 is 0 Å². The number of nitrogens with one attached hydrogen (secondary N) is 1. The third kappa shape index (κ3) is 4.19. The zero-order chi connectivity index (χ0) is 18.4. The van der Waals surface area contributed by atoms with E-state index in [9.17, 15) is 0 Å². The third-order valence-electron chi connectivity index (χ3n) is 5.30. The maximum Gasteiger partial charge on any atom is 0.122 e. The molecule has 0 spiro atoms. The molecule has 4 heteroatoms. The van der Waals surface area contributed by atoms with Gasteiger partial charge in [-0.1, -0.05) is 29.8 Å². The van der Waals surface area contributed by atoms with Crippen LogP contribution in [0.2, 0.25) is 0 Å². The van der Waals surface area contributed by atoms with Crippen molar-refractivity contribution < 1.29 is 14.2 Å². The van der Waals surface area contributed by atoms with E-state index < -0.39 is 0 Å². The first-order valence-electron chi connectivity index (χ1n) is 9.23. The first-order valence-corrected chi connectivity index (χ1v) is 9.23. The molecule has 0 saturated carbocycles. The van der Waals surface area contributed by atoms with Gasteiger partial charge in [0.1, 0.15) is 11.5 Å². The fraction of sp³-hybridized carbons (Fsp3) is 0.455. The molecule has 1 fully saturated rings. The van der Waals surface area contributed by atoms with Crippen LogP contribution >= 0.6 is 0 Å². The Kier molecular flexibility index (Phi) is 6.17. The fourth-order valence-corrected chi connectivity index (χ4v) is 3.77. The molecule has 3 rings (SSSR count). The predicted molar refractivity (Wildman–Crippen MR) is 104 cm³/mol. The van der Waals surface area contributed by atoms with Gasteiger partial charge in [-0.05, 0) is 43.5 Å². The second kappa shape index (κ2) is 8.56. The van der Waals surface area contributed by atoms with Gasteiger partial charge in [-0.3, -0.25) is 0 Å². The van der Waals surface area contributed by atoms with E-state index in [1.165, 1.54) is 16.7 Å². The summed E-state index contributed by atoms with van der Waals surface area (Å²) in [5.41, 5.74) is 3.82. The highest BCUT2D eigenvalue weighted by atomic mass is 16.5. The highest BCUT2D eigenvalue weighted by Gasteiger charge is 2.36. The Hall–Kier alpha value is -2.04. The molecule has 1 aliphatic rings. The van der Waals surface area contributed by atoms with E-state index in [0.717, 1.165) is 50.6 Å². The van der Waals surface area contributed by atoms with Crippen LogP contribution in [0, 0.1) is 6.92 Å². The Bertz CT molecular complexity index is 723. The zero-order valence-electron chi connectivity index (χ0n) is 16.0. The van der Waals surface area contributed by atoms with Gasteiger partial charge in [-0.15, -0.1) is 0 Å². The number of rotatable bonds is 7. The first kappa shape index (κ1) is 18.7. The number of methoxy groups -OCH3 is 2. The van der Waals surface area contributed by atoms with Gasteiger partial charge in [0.15, 0.2) is 0 Å². The van der Waals surface area contributed by atoms with Gasteiger partial charge < -0.3 is 19.5 Å². The van der Waals surface area contributed by atoms with Crippen LogP contribution in [0.5, 0.6) is 11.5 Å². The summed E-state index contributed by atoms with van der Waals surface area (Å²) in [6, 6.07) is 14.7. The SMILES string of the molecule is COc1cccc(CNCC2(c3cc(C)ccc3OC)CCOCC2)c1. The summed E-state index contributed by atoms with van der Waals surface area (Å²) >= 11 is 0. The van der Waals surface area contributed by atoms with Gasteiger partial charge in [-0.2, -0.15) is 0 Å². The van der Waals surface area contributed by atoms with Crippen LogP contribution in [0.4, 0.5) is 0 Å². The lowest BCUT2D eigenvalue weighted by Crippen LogP contribution is -2.43. The summed E-state index contributed by atoms with van der Waals surface area (Å²) in [6.45, 7) is 5.43. The molecule has 26 heavy (non-hydrogen) atoms. The number of benzene rings is 2. The number of hydrogen-bond donors (Lipinski definition) is 1. The van der Waals surface area contributed by atoms with Crippen LogP contribution in [0.3, 0.4) is 0 Å². The molecule has 0 radical (unpaired) electrons. The lowest BCUT2D eigenvalue weighted by Gasteiger charge is -2.39. The lowest BCUT2D eigenvalue weighted by atomic mass is 9.73. The minimum absolute atomic E-state index is 0.0362. The van der Waals surface area contributed by atoms with Crippen molar-refractivity contribution in [2.45, 2.75) is 31.7 Å². The molecule has 0 unspecified atom stereocenters. The molecule has 2 aromatic carbocycles. The Labute approximate surface area is 156 Å². The fourth-order valence-electron chi connectivity index (χ4n) is 3.77. The Morgan fingerprint density at radius 2 is 1.85 bits per heavy atom. The smallest absolute Gasteiger partial charge is 0.122 e. The summed E-state index contributed by atoms with van der Waals surface area (Å²) in [5, 5.41) is 3.67. The summed E-state index contributed by atoms with van der Waals surface area (Å²) in [6.07, 6.45) is 2.00. The van der Waals surface area contributed by atoms with Gasteiger partial charge in [0.05, 0.1) is 14.2 Å². The highest BCUT2D eigenvalue weighted by Crippen LogP contribution is 2.40. The normalized spacial score (nSPS) is 16.3. The van der Waals surface area contributed by atoms with E-state index in [1.807, 2.05) is 12.1 Å². The molecule has 0 bridgehead atoms. The van der Waals surface area contributed by atoms with Crippen LogP contribution in [0.15, 0.2) is 42.5 Å². The average molecular weight is 355 g/mol. The van der Waals surface area contributed by atoms with Crippen molar-refractivity contribution in [2.75, 3.05) is 34.0 Å². The van der Waals surface area contributed by atoms with Crippen molar-refractivity contribution in [2.24, 2.45) is 0 Å². The van der Waals surface area contributed by atoms with Crippen molar-refractivity contribution >= 4 is 0 Å². The molecular formula is C22H29NO3. The van der Waals surface area contributed by atoms with Gasteiger partial charge >= 0.3 is 0 Å². The van der Waals surface area contributed by atoms with Gasteiger partial charge in [-0.25, -0.2) is 0 Å². The second-order valence-corrected chi connectivity index (χ2v) is 7.05. The maximum absolute atomic E-state index is 5.69. The Morgan fingerprint density at radius 1 is 1.04 bits per heavy atom. The molecular weight excluding hydrogens is 326 g/mol. The molecule has 0 atom stereocenters. The van der Waals surface area contributed by atoms with Crippen LogP contribution in [0.1, 0.15) is 29.5 Å². The quantitative estimate of drug-likeness (QED) is 0.819. The number of ether oxygens (including phenoxy) is 3. The molecule has 0 aromatic heterocycles. The van der Waals surface area contributed by atoms with Crippen LogP contribution in [-0.4, -0.2) is 34.0 Å². The minimum Gasteiger partial charge on any atom is -0.497 e. The van der Waals surface area contributed by atoms with E-state index in [2.05, 4.69) is 42.6 Å². The van der Waals surface area contributed by atoms with Gasteiger partial charge in [0.2, 0.25) is 0 Å². The third-order valence-corrected chi connectivity index (χ3v) is 5.30.